The summed E-state index contributed by atoms with van der Waals surface area (Å²) in [5.41, 5.74) is -0.359. The van der Waals surface area contributed by atoms with Gasteiger partial charge in [0.2, 0.25) is 0 Å². The van der Waals surface area contributed by atoms with Gasteiger partial charge in [-0.15, -0.1) is 10.2 Å². The van der Waals surface area contributed by atoms with Gasteiger partial charge in [-0.25, -0.2) is 4.98 Å². The Balaban J connectivity index is 2.02. The fourth-order valence-electron chi connectivity index (χ4n) is 2.22. The van der Waals surface area contributed by atoms with Crippen LogP contribution in [0.25, 0.3) is 0 Å². The zero-order chi connectivity index (χ0) is 14.4. The average Bonchev–Trinajstić information content (AvgIpc) is 2.99. The number of hydrogen-bond acceptors (Lipinski definition) is 7. The van der Waals surface area contributed by atoms with Crippen LogP contribution in [0.4, 0.5) is 0 Å². The summed E-state index contributed by atoms with van der Waals surface area (Å²) < 4.78 is 6.37. The second-order valence-corrected chi connectivity index (χ2v) is 4.39. The molecule has 1 aromatic rings. The zero-order valence-electron chi connectivity index (χ0n) is 9.95. The number of fused-ring (bicyclic) bond motifs is 1. The zero-order valence-corrected chi connectivity index (χ0v) is 9.95. The molecule has 0 unspecified atom stereocenters. The van der Waals surface area contributed by atoms with Crippen LogP contribution in [-0.2, 0) is 4.74 Å². The Morgan fingerprint density at radius 2 is 1.90 bits per heavy atom. The lowest BCUT2D eigenvalue weighted by Gasteiger charge is -2.18. The van der Waals surface area contributed by atoms with E-state index >= 15 is 0 Å². The third-order valence-electron chi connectivity index (χ3n) is 3.22. The number of aromatic nitrogens is 2. The molecule has 0 aromatic carbocycles. The molecule has 1 fully saturated rings. The molecular weight excluding hydrogens is 272 g/mol. The smallest absolute Gasteiger partial charge is 0.316 e. The van der Waals surface area contributed by atoms with Crippen molar-refractivity contribution in [3.05, 3.63) is 17.7 Å². The van der Waals surface area contributed by atoms with E-state index in [0.717, 1.165) is 10.9 Å². The van der Waals surface area contributed by atoms with Gasteiger partial charge in [-0.1, -0.05) is 0 Å². The third kappa shape index (κ3) is 1.70. The van der Waals surface area contributed by atoms with Gasteiger partial charge in [0.1, 0.15) is 24.0 Å². The van der Waals surface area contributed by atoms with Crippen molar-refractivity contribution in [2.24, 2.45) is 10.2 Å². The van der Waals surface area contributed by atoms with Crippen molar-refractivity contribution >= 4 is 11.8 Å². The minimum absolute atomic E-state index is 0.167. The van der Waals surface area contributed by atoms with Crippen LogP contribution in [0, 0.1) is 0 Å². The lowest BCUT2D eigenvalue weighted by atomic mass is 10.1. The normalized spacial score (nSPS) is 32.8. The van der Waals surface area contributed by atoms with Crippen molar-refractivity contribution in [2.45, 2.75) is 24.5 Å². The van der Waals surface area contributed by atoms with E-state index < -0.39 is 43.0 Å². The minimum Gasteiger partial charge on any atom is -0.394 e. The first-order valence-electron chi connectivity index (χ1n) is 5.74. The number of carbonyl (C=O) groups is 2. The molecule has 3 N–H and O–H groups in total. The first-order valence-corrected chi connectivity index (χ1v) is 5.74. The maximum atomic E-state index is 11.7. The van der Waals surface area contributed by atoms with Crippen molar-refractivity contribution in [3.8, 4) is 0 Å². The van der Waals surface area contributed by atoms with Gasteiger partial charge in [0.05, 0.1) is 12.9 Å². The summed E-state index contributed by atoms with van der Waals surface area (Å²) in [6, 6.07) is 0. The van der Waals surface area contributed by atoms with Gasteiger partial charge in [0.15, 0.2) is 11.9 Å². The number of amides is 2. The minimum atomic E-state index is -1.38. The lowest BCUT2D eigenvalue weighted by molar-refractivity contribution is -0.0535. The highest BCUT2D eigenvalue weighted by Crippen LogP contribution is 2.31. The molecule has 0 saturated carbocycles. The Kier molecular flexibility index (Phi) is 2.94. The molecule has 4 atom stereocenters. The SMILES string of the molecule is O=C1N=NC(=O)c2c1ncn2[C@@H]1O[C@H](CO)[C@@H](O)[C@H]1O. The van der Waals surface area contributed by atoms with Gasteiger partial charge in [-0.3, -0.25) is 14.2 Å². The van der Waals surface area contributed by atoms with Crippen molar-refractivity contribution in [2.75, 3.05) is 6.61 Å². The predicted octanol–water partition coefficient (Wildman–Crippen LogP) is -1.76. The molecule has 0 radical (unpaired) electrons. The summed E-state index contributed by atoms with van der Waals surface area (Å²) in [7, 11) is 0. The molecule has 0 spiro atoms. The second kappa shape index (κ2) is 4.52. The number of hydrogen-bond donors (Lipinski definition) is 3. The molecule has 2 aliphatic heterocycles. The molecule has 1 aromatic heterocycles. The molecule has 3 rings (SSSR count). The monoisotopic (exact) mass is 282 g/mol. The Morgan fingerprint density at radius 3 is 2.55 bits per heavy atom. The number of ether oxygens (including phenoxy) is 1. The maximum absolute atomic E-state index is 11.7. The fraction of sp³-hybridized carbons (Fsp3) is 0.500. The molecule has 2 amide bonds. The lowest BCUT2D eigenvalue weighted by Crippen LogP contribution is -2.33. The van der Waals surface area contributed by atoms with Crippen LogP contribution in [0.5, 0.6) is 0 Å². The Morgan fingerprint density at radius 1 is 1.20 bits per heavy atom. The fourth-order valence-corrected chi connectivity index (χ4v) is 2.22. The van der Waals surface area contributed by atoms with Crippen LogP contribution in [-0.4, -0.2) is 61.6 Å². The molecule has 20 heavy (non-hydrogen) atoms. The second-order valence-electron chi connectivity index (χ2n) is 4.39. The topological polar surface area (TPSA) is 147 Å². The van der Waals surface area contributed by atoms with Crippen LogP contribution < -0.4 is 0 Å². The highest BCUT2D eigenvalue weighted by molar-refractivity contribution is 6.08. The standard InChI is InChI=1S/C10H10N4O6/c15-1-3-6(16)7(17)10(20-3)14-2-11-4-5(14)9(19)13-12-8(4)18/h2-3,6-7,10,15-17H,1H2/t3-,6-,7-,10-/m1/s1. The molecule has 0 aliphatic carbocycles. The Bertz CT molecular complexity index is 611. The molecule has 10 nitrogen and oxygen atoms in total. The summed E-state index contributed by atoms with van der Waals surface area (Å²) in [5, 5.41) is 34.9. The summed E-state index contributed by atoms with van der Waals surface area (Å²) in [5.74, 6) is -1.57. The first-order chi connectivity index (χ1) is 9.54. The van der Waals surface area contributed by atoms with Crippen LogP contribution in [0.3, 0.4) is 0 Å². The predicted molar refractivity (Wildman–Crippen MR) is 58.8 cm³/mol. The van der Waals surface area contributed by atoms with Gasteiger partial charge in [0, 0.05) is 0 Å². The summed E-state index contributed by atoms with van der Waals surface area (Å²) >= 11 is 0. The number of imidazole rings is 1. The highest BCUT2D eigenvalue weighted by atomic mass is 16.6. The first kappa shape index (κ1) is 13.0. The van der Waals surface area contributed by atoms with E-state index in [4.69, 9.17) is 9.84 Å². The van der Waals surface area contributed by atoms with Crippen LogP contribution >= 0.6 is 0 Å². The van der Waals surface area contributed by atoms with E-state index in [0.29, 0.717) is 0 Å². The molecule has 10 heteroatoms. The Hall–Kier alpha value is -2.01. The van der Waals surface area contributed by atoms with Crippen molar-refractivity contribution < 1.29 is 29.6 Å². The number of carbonyl (C=O) groups excluding carboxylic acids is 2. The molecule has 3 heterocycles. The number of nitrogens with zero attached hydrogens (tertiary/aromatic N) is 4. The summed E-state index contributed by atoms with van der Waals surface area (Å²) in [6.07, 6.45) is -3.73. The van der Waals surface area contributed by atoms with Gasteiger partial charge in [-0.2, -0.15) is 0 Å². The Labute approximate surface area is 111 Å². The largest absolute Gasteiger partial charge is 0.394 e. The average molecular weight is 282 g/mol. The van der Waals surface area contributed by atoms with E-state index in [1.54, 1.807) is 0 Å². The van der Waals surface area contributed by atoms with Crippen LogP contribution in [0.1, 0.15) is 27.2 Å². The van der Waals surface area contributed by atoms with Crippen molar-refractivity contribution in [1.82, 2.24) is 9.55 Å². The summed E-state index contributed by atoms with van der Waals surface area (Å²) in [6.45, 7) is -0.502. The molecule has 1 saturated heterocycles. The van der Waals surface area contributed by atoms with E-state index in [2.05, 4.69) is 15.2 Å². The third-order valence-corrected chi connectivity index (χ3v) is 3.22. The number of aliphatic hydroxyl groups is 3. The van der Waals surface area contributed by atoms with Gasteiger partial charge in [0.25, 0.3) is 0 Å². The van der Waals surface area contributed by atoms with Crippen LogP contribution in [0.2, 0.25) is 0 Å². The highest BCUT2D eigenvalue weighted by Gasteiger charge is 2.45. The maximum Gasteiger partial charge on any atom is 0.316 e. The number of rotatable bonds is 2. The van der Waals surface area contributed by atoms with Gasteiger partial charge >= 0.3 is 11.8 Å². The summed E-state index contributed by atoms with van der Waals surface area (Å²) in [4.78, 5) is 26.9. The number of aliphatic hydroxyl groups excluding tert-OH is 3. The van der Waals surface area contributed by atoms with Gasteiger partial charge in [-0.05, 0) is 0 Å². The van der Waals surface area contributed by atoms with Gasteiger partial charge < -0.3 is 20.1 Å². The van der Waals surface area contributed by atoms with E-state index in [-0.39, 0.29) is 11.4 Å². The van der Waals surface area contributed by atoms with Crippen molar-refractivity contribution in [1.29, 1.82) is 0 Å². The van der Waals surface area contributed by atoms with E-state index in [9.17, 15) is 19.8 Å². The molecule has 106 valence electrons. The van der Waals surface area contributed by atoms with Crippen LogP contribution in [0.15, 0.2) is 16.6 Å². The van der Waals surface area contributed by atoms with E-state index in [1.165, 1.54) is 0 Å². The van der Waals surface area contributed by atoms with E-state index in [1.807, 2.05) is 0 Å². The molecule has 0 bridgehead atoms. The van der Waals surface area contributed by atoms with Crippen molar-refractivity contribution in [3.63, 3.8) is 0 Å². The quantitative estimate of drug-likeness (QED) is 0.582. The number of azo groups is 1. The molecular formula is C10H10N4O6. The molecule has 2 aliphatic rings.